The molecule has 0 unspecified atom stereocenters. The van der Waals surface area contributed by atoms with Crippen molar-refractivity contribution in [2.24, 2.45) is 0 Å². The van der Waals surface area contributed by atoms with Gasteiger partial charge in [0.2, 0.25) is 0 Å². The Morgan fingerprint density at radius 1 is 1.05 bits per heavy atom. The van der Waals surface area contributed by atoms with E-state index < -0.39 is 0 Å². The molecule has 2 aromatic rings. The van der Waals surface area contributed by atoms with Gasteiger partial charge in [-0.15, -0.1) is 0 Å². The Bertz CT molecular complexity index is 577. The van der Waals surface area contributed by atoms with Gasteiger partial charge in [-0.25, -0.2) is 0 Å². The molecule has 0 saturated heterocycles. The van der Waals surface area contributed by atoms with Crippen molar-refractivity contribution in [2.45, 2.75) is 6.42 Å². The summed E-state index contributed by atoms with van der Waals surface area (Å²) in [7, 11) is 3.97. The minimum atomic E-state index is -0.330. The normalized spacial score (nSPS) is 10.2. The van der Waals surface area contributed by atoms with E-state index >= 15 is 0 Å². The first-order chi connectivity index (χ1) is 9.08. The lowest BCUT2D eigenvalue weighted by molar-refractivity contribution is -0.385. The lowest BCUT2D eigenvalue weighted by Gasteiger charge is -2.12. The molecule has 2 rings (SSSR count). The zero-order chi connectivity index (χ0) is 13.8. The van der Waals surface area contributed by atoms with Gasteiger partial charge < -0.3 is 4.90 Å². The molecule has 0 amide bonds. The Kier molecular flexibility index (Phi) is 3.80. The fourth-order valence-electron chi connectivity index (χ4n) is 1.97. The molecule has 2 aromatic carbocycles. The molecule has 0 bridgehead atoms. The van der Waals surface area contributed by atoms with Crippen LogP contribution in [0.1, 0.15) is 11.1 Å². The van der Waals surface area contributed by atoms with Crippen molar-refractivity contribution in [2.75, 3.05) is 19.0 Å². The van der Waals surface area contributed by atoms with E-state index in [1.165, 1.54) is 0 Å². The second-order valence-corrected chi connectivity index (χ2v) is 4.62. The zero-order valence-electron chi connectivity index (χ0n) is 11.0. The summed E-state index contributed by atoms with van der Waals surface area (Å²) in [4.78, 5) is 12.6. The average Bonchev–Trinajstić information content (AvgIpc) is 2.39. The fraction of sp³-hybridized carbons (Fsp3) is 0.200. The van der Waals surface area contributed by atoms with Crippen LogP contribution in [-0.2, 0) is 6.42 Å². The molecule has 0 aliphatic rings. The van der Waals surface area contributed by atoms with Gasteiger partial charge in [-0.05, 0) is 17.7 Å². The van der Waals surface area contributed by atoms with Crippen LogP contribution in [0.5, 0.6) is 0 Å². The van der Waals surface area contributed by atoms with Gasteiger partial charge in [-0.3, -0.25) is 10.1 Å². The molecule has 4 heteroatoms. The first kappa shape index (κ1) is 13.1. The second-order valence-electron chi connectivity index (χ2n) is 4.62. The molecule has 0 aliphatic carbocycles. The number of nitrogens with zero attached hydrogens (tertiary/aromatic N) is 2. The van der Waals surface area contributed by atoms with Crippen molar-refractivity contribution in [1.82, 2.24) is 0 Å². The SMILES string of the molecule is CN(C)c1ccc(Cc2ccccc2[N+](=O)[O-])cc1. The summed E-state index contributed by atoms with van der Waals surface area (Å²) < 4.78 is 0. The fourth-order valence-corrected chi connectivity index (χ4v) is 1.97. The first-order valence-corrected chi connectivity index (χ1v) is 6.06. The van der Waals surface area contributed by atoms with Crippen molar-refractivity contribution in [3.63, 3.8) is 0 Å². The van der Waals surface area contributed by atoms with Crippen molar-refractivity contribution in [1.29, 1.82) is 0 Å². The molecule has 0 heterocycles. The van der Waals surface area contributed by atoms with Crippen LogP contribution in [0, 0.1) is 10.1 Å². The van der Waals surface area contributed by atoms with Crippen LogP contribution < -0.4 is 4.90 Å². The Morgan fingerprint density at radius 3 is 2.26 bits per heavy atom. The van der Waals surface area contributed by atoms with E-state index in [0.717, 1.165) is 16.8 Å². The van der Waals surface area contributed by atoms with E-state index in [4.69, 9.17) is 0 Å². The Hall–Kier alpha value is -2.36. The maximum Gasteiger partial charge on any atom is 0.272 e. The molecule has 0 aliphatic heterocycles. The Morgan fingerprint density at radius 2 is 1.68 bits per heavy atom. The molecule has 4 nitrogen and oxygen atoms in total. The molecule has 98 valence electrons. The van der Waals surface area contributed by atoms with E-state index in [0.29, 0.717) is 6.42 Å². The number of para-hydroxylation sites is 1. The zero-order valence-corrected chi connectivity index (χ0v) is 11.0. The number of nitro benzene ring substituents is 1. The maximum atomic E-state index is 11.0. The minimum absolute atomic E-state index is 0.180. The van der Waals surface area contributed by atoms with E-state index in [9.17, 15) is 10.1 Å². The summed E-state index contributed by atoms with van der Waals surface area (Å²) in [6.07, 6.45) is 0.574. The van der Waals surface area contributed by atoms with Gasteiger partial charge in [0.05, 0.1) is 4.92 Å². The standard InChI is InChI=1S/C15H16N2O2/c1-16(2)14-9-7-12(8-10-14)11-13-5-3-4-6-15(13)17(18)19/h3-10H,11H2,1-2H3. The Labute approximate surface area is 112 Å². The number of rotatable bonds is 4. The van der Waals surface area contributed by atoms with E-state index in [2.05, 4.69) is 0 Å². The van der Waals surface area contributed by atoms with Crippen molar-refractivity contribution < 1.29 is 4.92 Å². The monoisotopic (exact) mass is 256 g/mol. The van der Waals surface area contributed by atoms with Crippen LogP contribution in [-0.4, -0.2) is 19.0 Å². The highest BCUT2D eigenvalue weighted by molar-refractivity contribution is 5.48. The van der Waals surface area contributed by atoms with Crippen LogP contribution in [0.25, 0.3) is 0 Å². The third-order valence-corrected chi connectivity index (χ3v) is 3.04. The van der Waals surface area contributed by atoms with Gasteiger partial charge in [0, 0.05) is 37.8 Å². The largest absolute Gasteiger partial charge is 0.378 e. The summed E-state index contributed by atoms with van der Waals surface area (Å²) in [5, 5.41) is 11.0. The third kappa shape index (κ3) is 3.10. The smallest absolute Gasteiger partial charge is 0.272 e. The van der Waals surface area contributed by atoms with Crippen LogP contribution in [0.15, 0.2) is 48.5 Å². The van der Waals surface area contributed by atoms with Crippen LogP contribution in [0.3, 0.4) is 0 Å². The number of hydrogen-bond donors (Lipinski definition) is 0. The first-order valence-electron chi connectivity index (χ1n) is 6.06. The van der Waals surface area contributed by atoms with E-state index in [1.54, 1.807) is 18.2 Å². The van der Waals surface area contributed by atoms with E-state index in [-0.39, 0.29) is 10.6 Å². The molecule has 0 spiro atoms. The molecule has 0 N–H and O–H groups in total. The summed E-state index contributed by atoms with van der Waals surface area (Å²) in [6, 6.07) is 14.9. The highest BCUT2D eigenvalue weighted by Gasteiger charge is 2.12. The molecule has 19 heavy (non-hydrogen) atoms. The van der Waals surface area contributed by atoms with Gasteiger partial charge >= 0.3 is 0 Å². The third-order valence-electron chi connectivity index (χ3n) is 3.04. The van der Waals surface area contributed by atoms with Gasteiger partial charge in [0.1, 0.15) is 0 Å². The molecular weight excluding hydrogens is 240 g/mol. The number of nitro groups is 1. The Balaban J connectivity index is 2.24. The quantitative estimate of drug-likeness (QED) is 0.623. The molecule has 0 atom stereocenters. The topological polar surface area (TPSA) is 46.4 Å². The van der Waals surface area contributed by atoms with Crippen LogP contribution in [0.2, 0.25) is 0 Å². The second kappa shape index (κ2) is 5.52. The summed E-state index contributed by atoms with van der Waals surface area (Å²) in [5.74, 6) is 0. The van der Waals surface area contributed by atoms with Gasteiger partial charge in [-0.2, -0.15) is 0 Å². The maximum absolute atomic E-state index is 11.0. The molecule has 0 fully saturated rings. The summed E-state index contributed by atoms with van der Waals surface area (Å²) in [6.45, 7) is 0. The number of benzene rings is 2. The van der Waals surface area contributed by atoms with Crippen LogP contribution >= 0.6 is 0 Å². The minimum Gasteiger partial charge on any atom is -0.378 e. The average molecular weight is 256 g/mol. The number of anilines is 1. The summed E-state index contributed by atoms with van der Waals surface area (Å²) >= 11 is 0. The molecule has 0 saturated carbocycles. The molecular formula is C15H16N2O2. The molecule has 0 aromatic heterocycles. The predicted molar refractivity (Wildman–Crippen MR) is 76.7 cm³/mol. The van der Waals surface area contributed by atoms with Crippen molar-refractivity contribution in [3.8, 4) is 0 Å². The van der Waals surface area contributed by atoms with Crippen molar-refractivity contribution >= 4 is 11.4 Å². The van der Waals surface area contributed by atoms with Crippen LogP contribution in [0.4, 0.5) is 11.4 Å². The lowest BCUT2D eigenvalue weighted by atomic mass is 10.0. The number of hydrogen-bond acceptors (Lipinski definition) is 3. The predicted octanol–water partition coefficient (Wildman–Crippen LogP) is 3.25. The van der Waals surface area contributed by atoms with E-state index in [1.807, 2.05) is 49.3 Å². The lowest BCUT2D eigenvalue weighted by Crippen LogP contribution is -2.08. The highest BCUT2D eigenvalue weighted by atomic mass is 16.6. The van der Waals surface area contributed by atoms with Gasteiger partial charge in [0.15, 0.2) is 0 Å². The molecule has 0 radical (unpaired) electrons. The summed E-state index contributed by atoms with van der Waals surface area (Å²) in [5.41, 5.74) is 3.11. The van der Waals surface area contributed by atoms with Gasteiger partial charge in [-0.1, -0.05) is 30.3 Å². The highest BCUT2D eigenvalue weighted by Crippen LogP contribution is 2.22. The van der Waals surface area contributed by atoms with Gasteiger partial charge in [0.25, 0.3) is 5.69 Å². The van der Waals surface area contributed by atoms with Crippen molar-refractivity contribution in [3.05, 3.63) is 69.8 Å².